The normalized spacial score (nSPS) is 29.5. The van der Waals surface area contributed by atoms with E-state index in [0.717, 1.165) is 5.56 Å². The third kappa shape index (κ3) is 2.58. The Morgan fingerprint density at radius 3 is 2.50 bits per heavy atom. The molecule has 0 spiro atoms. The minimum absolute atomic E-state index is 0.147. The van der Waals surface area contributed by atoms with Gasteiger partial charge in [0.25, 0.3) is 0 Å². The summed E-state index contributed by atoms with van der Waals surface area (Å²) in [6, 6.07) is 7.34. The van der Waals surface area contributed by atoms with Gasteiger partial charge < -0.3 is 0 Å². The van der Waals surface area contributed by atoms with Gasteiger partial charge in [-0.05, 0) is 24.5 Å². The quantitative estimate of drug-likeness (QED) is 0.833. The number of piperidine rings is 1. The minimum atomic E-state index is -3.45. The van der Waals surface area contributed by atoms with Crippen LogP contribution in [0.4, 0.5) is 0 Å². The molecule has 122 valence electrons. The van der Waals surface area contributed by atoms with Crippen molar-refractivity contribution < 1.29 is 13.3 Å². The fourth-order valence-electron chi connectivity index (χ4n) is 3.88. The highest BCUT2D eigenvalue weighted by molar-refractivity contribution is 7.89. The van der Waals surface area contributed by atoms with Crippen molar-refractivity contribution in [2.75, 3.05) is 26.7 Å². The van der Waals surface area contributed by atoms with Crippen LogP contribution >= 0.6 is 0 Å². The molecule has 0 N–H and O–H groups in total. The summed E-state index contributed by atoms with van der Waals surface area (Å²) in [5.41, 5.74) is 0.912. The zero-order valence-corrected chi connectivity index (χ0v) is 14.4. The highest BCUT2D eigenvalue weighted by Crippen LogP contribution is 2.41. The molecule has 2 aliphatic heterocycles. The van der Waals surface area contributed by atoms with Gasteiger partial charge in [-0.3, -0.25) is 4.84 Å². The summed E-state index contributed by atoms with van der Waals surface area (Å²) >= 11 is 0. The lowest BCUT2D eigenvalue weighted by Gasteiger charge is -2.46. The van der Waals surface area contributed by atoms with Crippen LogP contribution in [0.15, 0.2) is 29.2 Å². The molecule has 0 unspecified atom stereocenters. The van der Waals surface area contributed by atoms with Crippen molar-refractivity contribution >= 4 is 10.0 Å². The molecule has 0 radical (unpaired) electrons. The molecule has 5 nitrogen and oxygen atoms in total. The topological polar surface area (TPSA) is 49.9 Å². The lowest BCUT2D eigenvalue weighted by Crippen LogP contribution is -2.57. The molecule has 0 amide bonds. The first kappa shape index (κ1) is 15.9. The van der Waals surface area contributed by atoms with Crippen LogP contribution in [0.1, 0.15) is 19.4 Å². The van der Waals surface area contributed by atoms with Crippen LogP contribution in [0.3, 0.4) is 0 Å². The number of hydrogen-bond acceptors (Lipinski definition) is 4. The summed E-state index contributed by atoms with van der Waals surface area (Å²) in [6.07, 6.45) is 0. The average Bonchev–Trinajstić information content (AvgIpc) is 2.81. The third-order valence-corrected chi connectivity index (χ3v) is 6.64. The first-order valence-electron chi connectivity index (χ1n) is 7.64. The van der Waals surface area contributed by atoms with E-state index < -0.39 is 10.0 Å². The summed E-state index contributed by atoms with van der Waals surface area (Å²) in [4.78, 5) is 6.00. The van der Waals surface area contributed by atoms with E-state index in [1.807, 2.05) is 31.2 Å². The van der Waals surface area contributed by atoms with Gasteiger partial charge in [-0.2, -0.15) is 9.37 Å². The van der Waals surface area contributed by atoms with Crippen molar-refractivity contribution in [1.82, 2.24) is 9.37 Å². The van der Waals surface area contributed by atoms with Crippen molar-refractivity contribution in [3.8, 4) is 0 Å². The molecule has 1 aromatic rings. The van der Waals surface area contributed by atoms with E-state index in [9.17, 15) is 8.42 Å². The summed E-state index contributed by atoms with van der Waals surface area (Å²) in [5, 5.41) is 1.90. The lowest BCUT2D eigenvalue weighted by atomic mass is 9.75. The summed E-state index contributed by atoms with van der Waals surface area (Å²) in [6.45, 7) is 7.81. The van der Waals surface area contributed by atoms with Crippen LogP contribution in [0, 0.1) is 18.3 Å². The van der Waals surface area contributed by atoms with Crippen LogP contribution in [0.2, 0.25) is 0 Å². The van der Waals surface area contributed by atoms with E-state index in [4.69, 9.17) is 4.84 Å². The van der Waals surface area contributed by atoms with Crippen LogP contribution in [-0.4, -0.2) is 50.6 Å². The van der Waals surface area contributed by atoms with Gasteiger partial charge in [0.2, 0.25) is 10.0 Å². The maximum absolute atomic E-state index is 12.9. The van der Waals surface area contributed by atoms with Gasteiger partial charge in [0, 0.05) is 32.1 Å². The van der Waals surface area contributed by atoms with E-state index in [1.54, 1.807) is 16.4 Å². The fraction of sp³-hybridized carbons (Fsp3) is 0.625. The van der Waals surface area contributed by atoms with E-state index >= 15 is 0 Å². The molecule has 22 heavy (non-hydrogen) atoms. The molecule has 2 saturated heterocycles. The highest BCUT2D eigenvalue weighted by Gasteiger charge is 2.50. The fourth-order valence-corrected chi connectivity index (χ4v) is 5.55. The first-order valence-corrected chi connectivity index (χ1v) is 9.08. The Balaban J connectivity index is 1.91. The van der Waals surface area contributed by atoms with E-state index in [2.05, 4.69) is 13.8 Å². The second kappa shape index (κ2) is 5.30. The van der Waals surface area contributed by atoms with Crippen LogP contribution < -0.4 is 0 Å². The van der Waals surface area contributed by atoms with Crippen molar-refractivity contribution in [1.29, 1.82) is 0 Å². The number of nitrogens with zero attached hydrogens (tertiary/aromatic N) is 2. The first-order chi connectivity index (χ1) is 10.2. The molecule has 1 aromatic carbocycles. The second-order valence-electron chi connectivity index (χ2n) is 7.15. The van der Waals surface area contributed by atoms with Gasteiger partial charge in [-0.1, -0.05) is 31.5 Å². The largest absolute Gasteiger partial charge is 0.299 e. The SMILES string of the molecule is Cc1ccc(S(=O)(=O)N2C[C@H]3CON(C)[C@H]3C(C)(C)C2)cc1. The predicted octanol–water partition coefficient (Wildman–Crippen LogP) is 1.89. The van der Waals surface area contributed by atoms with E-state index in [-0.39, 0.29) is 17.4 Å². The summed E-state index contributed by atoms with van der Waals surface area (Å²) < 4.78 is 27.5. The molecule has 6 heteroatoms. The molecule has 0 bridgehead atoms. The molecule has 2 fully saturated rings. The van der Waals surface area contributed by atoms with Gasteiger partial charge in [0.1, 0.15) is 0 Å². The van der Waals surface area contributed by atoms with Gasteiger partial charge >= 0.3 is 0 Å². The van der Waals surface area contributed by atoms with Gasteiger partial charge in [-0.25, -0.2) is 8.42 Å². The Morgan fingerprint density at radius 1 is 1.23 bits per heavy atom. The zero-order chi connectivity index (χ0) is 16.1. The molecular weight excluding hydrogens is 300 g/mol. The van der Waals surface area contributed by atoms with Gasteiger partial charge in [0.15, 0.2) is 0 Å². The average molecular weight is 324 g/mol. The van der Waals surface area contributed by atoms with Crippen LogP contribution in [0.25, 0.3) is 0 Å². The molecule has 0 aromatic heterocycles. The monoisotopic (exact) mass is 324 g/mol. The minimum Gasteiger partial charge on any atom is -0.299 e. The smallest absolute Gasteiger partial charge is 0.243 e. The van der Waals surface area contributed by atoms with Crippen LogP contribution in [0.5, 0.6) is 0 Å². The predicted molar refractivity (Wildman–Crippen MR) is 84.7 cm³/mol. The number of hydrogen-bond donors (Lipinski definition) is 0. The number of rotatable bonds is 2. The molecule has 2 heterocycles. The maximum atomic E-state index is 12.9. The van der Waals surface area contributed by atoms with Gasteiger partial charge in [0.05, 0.1) is 11.5 Å². The lowest BCUT2D eigenvalue weighted by molar-refractivity contribution is -0.133. The Morgan fingerprint density at radius 2 is 1.86 bits per heavy atom. The molecule has 3 rings (SSSR count). The van der Waals surface area contributed by atoms with Crippen LogP contribution in [-0.2, 0) is 14.9 Å². The Hall–Kier alpha value is -0.950. The highest BCUT2D eigenvalue weighted by atomic mass is 32.2. The Bertz CT molecular complexity index is 654. The molecule has 0 aliphatic carbocycles. The molecule has 0 saturated carbocycles. The van der Waals surface area contributed by atoms with Gasteiger partial charge in [-0.15, -0.1) is 0 Å². The number of hydroxylamine groups is 2. The van der Waals surface area contributed by atoms with Crippen molar-refractivity contribution in [3.05, 3.63) is 29.8 Å². The van der Waals surface area contributed by atoms with E-state index in [1.165, 1.54) is 0 Å². The molecule has 2 atom stereocenters. The van der Waals surface area contributed by atoms with Crippen molar-refractivity contribution in [2.45, 2.75) is 31.7 Å². The zero-order valence-electron chi connectivity index (χ0n) is 13.6. The van der Waals surface area contributed by atoms with E-state index in [0.29, 0.717) is 24.6 Å². The maximum Gasteiger partial charge on any atom is 0.243 e. The Kier molecular flexibility index (Phi) is 3.84. The van der Waals surface area contributed by atoms with Crippen molar-refractivity contribution in [3.63, 3.8) is 0 Å². The number of sulfonamides is 1. The number of benzene rings is 1. The third-order valence-electron chi connectivity index (χ3n) is 4.81. The standard InChI is InChI=1S/C16H24N2O3S/c1-12-5-7-14(8-6-12)22(19,20)18-9-13-10-21-17(4)15(13)16(2,3)11-18/h5-8,13,15H,9-11H2,1-4H3/t13-,15+/m0/s1. The van der Waals surface area contributed by atoms with Crippen molar-refractivity contribution in [2.24, 2.45) is 11.3 Å². The molecule has 2 aliphatic rings. The molecular formula is C16H24N2O3S. The number of aryl methyl sites for hydroxylation is 1. The number of fused-ring (bicyclic) bond motifs is 1. The Labute approximate surface area is 132 Å². The summed E-state index contributed by atoms with van der Waals surface area (Å²) in [7, 11) is -1.51. The summed E-state index contributed by atoms with van der Waals surface area (Å²) in [5.74, 6) is 0.217. The second-order valence-corrected chi connectivity index (χ2v) is 9.08.